The Labute approximate surface area is 128 Å². The molecule has 1 aliphatic heterocycles. The number of nitrogens with one attached hydrogen (secondary N) is 1. The van der Waals surface area contributed by atoms with Crippen LogP contribution in [0.2, 0.25) is 0 Å². The summed E-state index contributed by atoms with van der Waals surface area (Å²) < 4.78 is 11.8. The fraction of sp³-hybridized carbons (Fsp3) is 0.647. The zero-order valence-electron chi connectivity index (χ0n) is 13.7. The number of aryl methyl sites for hydroxylation is 1. The van der Waals surface area contributed by atoms with Crippen LogP contribution < -0.4 is 10.1 Å². The topological polar surface area (TPSA) is 33.7 Å². The second-order valence-corrected chi connectivity index (χ2v) is 5.89. The van der Waals surface area contributed by atoms with E-state index in [4.69, 9.17) is 9.47 Å². The van der Waals surface area contributed by atoms with Crippen LogP contribution in [0.4, 0.5) is 0 Å². The minimum absolute atomic E-state index is 0.160. The number of likely N-dealkylation sites (N-methyl/N-ethyl adjacent to an activating group) is 1. The summed E-state index contributed by atoms with van der Waals surface area (Å²) in [6.45, 7) is 10.7. The summed E-state index contributed by atoms with van der Waals surface area (Å²) in [5.74, 6) is 0.964. The molecule has 1 aliphatic rings. The number of morpholine rings is 1. The lowest BCUT2D eigenvalue weighted by Crippen LogP contribution is -2.42. The van der Waals surface area contributed by atoms with Crippen LogP contribution in [-0.2, 0) is 4.74 Å². The van der Waals surface area contributed by atoms with Gasteiger partial charge >= 0.3 is 0 Å². The van der Waals surface area contributed by atoms with Crippen LogP contribution in [0, 0.1) is 6.92 Å². The summed E-state index contributed by atoms with van der Waals surface area (Å²) in [6.07, 6.45) is 0.160. The van der Waals surface area contributed by atoms with Crippen molar-refractivity contribution in [3.63, 3.8) is 0 Å². The Balaban J connectivity index is 2.01. The number of benzene rings is 1. The first kappa shape index (κ1) is 16.3. The van der Waals surface area contributed by atoms with E-state index in [0.717, 1.165) is 32.0 Å². The molecule has 0 amide bonds. The van der Waals surface area contributed by atoms with Crippen molar-refractivity contribution in [1.82, 2.24) is 10.2 Å². The molecule has 2 atom stereocenters. The molecule has 4 nitrogen and oxygen atoms in total. The third kappa shape index (κ3) is 4.70. The molecule has 1 aromatic rings. The maximum atomic E-state index is 6.06. The molecule has 2 rings (SSSR count). The number of nitrogens with zero attached hydrogens (tertiary/aromatic N) is 1. The van der Waals surface area contributed by atoms with Crippen LogP contribution in [0.25, 0.3) is 0 Å². The van der Waals surface area contributed by atoms with Crippen molar-refractivity contribution < 1.29 is 9.47 Å². The highest BCUT2D eigenvalue weighted by Crippen LogP contribution is 2.26. The molecule has 1 saturated heterocycles. The van der Waals surface area contributed by atoms with Crippen molar-refractivity contribution in [3.8, 4) is 5.75 Å². The Morgan fingerprint density at radius 2 is 2.29 bits per heavy atom. The number of hydrogen-bond acceptors (Lipinski definition) is 4. The maximum Gasteiger partial charge on any atom is 0.124 e. The predicted molar refractivity (Wildman–Crippen MR) is 86.0 cm³/mol. The van der Waals surface area contributed by atoms with Gasteiger partial charge in [0.15, 0.2) is 0 Å². The Kier molecular flexibility index (Phi) is 6.03. The molecule has 0 radical (unpaired) electrons. The monoisotopic (exact) mass is 292 g/mol. The van der Waals surface area contributed by atoms with Gasteiger partial charge in [0.2, 0.25) is 0 Å². The third-order valence-corrected chi connectivity index (χ3v) is 3.91. The Morgan fingerprint density at radius 3 is 3.00 bits per heavy atom. The average Bonchev–Trinajstić information content (AvgIpc) is 2.46. The second-order valence-electron chi connectivity index (χ2n) is 5.89. The summed E-state index contributed by atoms with van der Waals surface area (Å²) in [6, 6.07) is 6.67. The largest absolute Gasteiger partial charge is 0.490 e. The lowest BCUT2D eigenvalue weighted by Gasteiger charge is -2.30. The Hall–Kier alpha value is -1.10. The molecule has 1 N–H and O–H groups in total. The van der Waals surface area contributed by atoms with Gasteiger partial charge in [-0.3, -0.25) is 0 Å². The van der Waals surface area contributed by atoms with Gasteiger partial charge in [-0.2, -0.15) is 0 Å². The summed E-state index contributed by atoms with van der Waals surface area (Å²) >= 11 is 0. The minimum Gasteiger partial charge on any atom is -0.490 e. The molecule has 4 heteroatoms. The number of hydrogen-bond donors (Lipinski definition) is 1. The van der Waals surface area contributed by atoms with Gasteiger partial charge in [-0.1, -0.05) is 24.6 Å². The van der Waals surface area contributed by atoms with Gasteiger partial charge < -0.3 is 19.7 Å². The SMILES string of the molecule is CCNC(C)c1cc(C)ccc1OCC1CN(C)CCO1. The molecule has 1 aromatic carbocycles. The molecule has 0 aliphatic carbocycles. The quantitative estimate of drug-likeness (QED) is 0.873. The highest BCUT2D eigenvalue weighted by Gasteiger charge is 2.19. The van der Waals surface area contributed by atoms with E-state index in [2.05, 4.69) is 56.2 Å². The molecule has 118 valence electrons. The van der Waals surface area contributed by atoms with Crippen LogP contribution in [0.5, 0.6) is 5.75 Å². The fourth-order valence-corrected chi connectivity index (χ4v) is 2.70. The van der Waals surface area contributed by atoms with Crippen molar-refractivity contribution in [3.05, 3.63) is 29.3 Å². The Morgan fingerprint density at radius 1 is 1.48 bits per heavy atom. The summed E-state index contributed by atoms with van der Waals surface area (Å²) in [4.78, 5) is 2.29. The third-order valence-electron chi connectivity index (χ3n) is 3.91. The minimum atomic E-state index is 0.160. The first-order chi connectivity index (χ1) is 10.1. The van der Waals surface area contributed by atoms with E-state index in [1.165, 1.54) is 11.1 Å². The van der Waals surface area contributed by atoms with Crippen molar-refractivity contribution in [2.75, 3.05) is 39.9 Å². The van der Waals surface area contributed by atoms with Gasteiger partial charge in [-0.05, 0) is 33.5 Å². The highest BCUT2D eigenvalue weighted by atomic mass is 16.5. The summed E-state index contributed by atoms with van der Waals surface area (Å²) in [5.41, 5.74) is 2.48. The maximum absolute atomic E-state index is 6.06. The molecule has 21 heavy (non-hydrogen) atoms. The van der Waals surface area contributed by atoms with E-state index in [0.29, 0.717) is 12.6 Å². The molecular weight excluding hydrogens is 264 g/mol. The van der Waals surface area contributed by atoms with Crippen molar-refractivity contribution in [2.24, 2.45) is 0 Å². The van der Waals surface area contributed by atoms with Crippen molar-refractivity contribution >= 4 is 0 Å². The van der Waals surface area contributed by atoms with E-state index in [9.17, 15) is 0 Å². The second kappa shape index (κ2) is 7.78. The first-order valence-electron chi connectivity index (χ1n) is 7.87. The van der Waals surface area contributed by atoms with Crippen LogP contribution in [0.15, 0.2) is 18.2 Å². The molecule has 0 spiro atoms. The van der Waals surface area contributed by atoms with E-state index in [1.807, 2.05) is 0 Å². The summed E-state index contributed by atoms with van der Waals surface area (Å²) in [5, 5.41) is 3.45. The molecule has 0 bridgehead atoms. The van der Waals surface area contributed by atoms with Crippen LogP contribution in [-0.4, -0.2) is 50.9 Å². The lowest BCUT2D eigenvalue weighted by atomic mass is 10.0. The zero-order valence-corrected chi connectivity index (χ0v) is 13.7. The van der Waals surface area contributed by atoms with Gasteiger partial charge in [-0.15, -0.1) is 0 Å². The smallest absolute Gasteiger partial charge is 0.124 e. The van der Waals surface area contributed by atoms with Gasteiger partial charge in [0.25, 0.3) is 0 Å². The number of rotatable bonds is 6. The van der Waals surface area contributed by atoms with Crippen LogP contribution in [0.1, 0.15) is 31.0 Å². The molecular formula is C17H28N2O2. The molecule has 2 unspecified atom stereocenters. The molecule has 1 heterocycles. The van der Waals surface area contributed by atoms with E-state index in [-0.39, 0.29) is 6.10 Å². The number of ether oxygens (including phenoxy) is 2. The standard InChI is InChI=1S/C17H28N2O2/c1-5-18-14(3)16-10-13(2)6-7-17(16)21-12-15-11-19(4)8-9-20-15/h6-7,10,14-15,18H,5,8-9,11-12H2,1-4H3. The molecule has 1 fully saturated rings. The van der Waals surface area contributed by atoms with Gasteiger partial charge in [-0.25, -0.2) is 0 Å². The average molecular weight is 292 g/mol. The van der Waals surface area contributed by atoms with Gasteiger partial charge in [0, 0.05) is 24.7 Å². The Bertz CT molecular complexity index is 450. The predicted octanol–water partition coefficient (Wildman–Crippen LogP) is 2.37. The van der Waals surface area contributed by atoms with Crippen molar-refractivity contribution in [2.45, 2.75) is 32.9 Å². The highest BCUT2D eigenvalue weighted by molar-refractivity contribution is 5.39. The van der Waals surface area contributed by atoms with Crippen molar-refractivity contribution in [1.29, 1.82) is 0 Å². The lowest BCUT2D eigenvalue weighted by molar-refractivity contribution is -0.0405. The molecule has 0 saturated carbocycles. The normalized spacial score (nSPS) is 21.2. The zero-order chi connectivity index (χ0) is 15.2. The van der Waals surface area contributed by atoms with E-state index < -0.39 is 0 Å². The summed E-state index contributed by atoms with van der Waals surface area (Å²) in [7, 11) is 2.13. The van der Waals surface area contributed by atoms with Gasteiger partial charge in [0.1, 0.15) is 18.5 Å². The van der Waals surface area contributed by atoms with E-state index >= 15 is 0 Å². The van der Waals surface area contributed by atoms with Crippen LogP contribution in [0.3, 0.4) is 0 Å². The van der Waals surface area contributed by atoms with Gasteiger partial charge in [0.05, 0.1) is 6.61 Å². The van der Waals surface area contributed by atoms with E-state index in [1.54, 1.807) is 0 Å². The fourth-order valence-electron chi connectivity index (χ4n) is 2.70. The van der Waals surface area contributed by atoms with Crippen LogP contribution >= 0.6 is 0 Å². The molecule has 0 aromatic heterocycles. The first-order valence-corrected chi connectivity index (χ1v) is 7.87.